The molecule has 0 saturated heterocycles. The molecule has 2 N–H and O–H groups in total. The summed E-state index contributed by atoms with van der Waals surface area (Å²) in [6.07, 6.45) is 16.7. The molecule has 0 aromatic heterocycles. The molecule has 0 aliphatic carbocycles. The third-order valence-corrected chi connectivity index (χ3v) is 5.14. The second-order valence-electron chi connectivity index (χ2n) is 6.76. The second-order valence-corrected chi connectivity index (χ2v) is 8.33. The molecule has 0 aromatic carbocycles. The van der Waals surface area contributed by atoms with E-state index < -0.39 is 16.2 Å². The third-order valence-electron chi connectivity index (χ3n) is 4.33. The van der Waals surface area contributed by atoms with Crippen LogP contribution in [0.5, 0.6) is 0 Å². The smallest absolute Gasteiger partial charge is 1.00 e. The summed E-state index contributed by atoms with van der Waals surface area (Å²) in [6, 6.07) is 0. The number of aliphatic hydroxyl groups is 1. The Morgan fingerprint density at radius 2 is 1.12 bits per heavy atom. The minimum atomic E-state index is -3.88. The molecular weight excluding hydrogens is 335 g/mol. The molecule has 6 heteroatoms. The molecule has 4 nitrogen and oxygen atoms in total. The second kappa shape index (κ2) is 18.7. The summed E-state index contributed by atoms with van der Waals surface area (Å²) in [6.45, 7) is 2.25. The standard InChI is InChI=1S/C18H38O4S.Na.H/c1-2-3-4-5-6-7-8-9-10-11-12-13-15-18(19)16-14-17-23(20,21)22;;/h18-19H,2-17H2,1H3,(H,20,21,22);;/q;+1;-1. The van der Waals surface area contributed by atoms with Crippen molar-refractivity contribution in [2.75, 3.05) is 5.75 Å². The molecule has 0 amide bonds. The van der Waals surface area contributed by atoms with Crippen LogP contribution in [0.4, 0.5) is 0 Å². The van der Waals surface area contributed by atoms with E-state index in [2.05, 4.69) is 6.92 Å². The van der Waals surface area contributed by atoms with Crippen LogP contribution in [-0.2, 0) is 10.1 Å². The molecule has 0 fully saturated rings. The number of hydrogen-bond donors (Lipinski definition) is 2. The Kier molecular flexibility index (Phi) is 21.1. The minimum absolute atomic E-state index is 0. The van der Waals surface area contributed by atoms with Crippen LogP contribution in [-0.4, -0.2) is 29.9 Å². The third kappa shape index (κ3) is 22.9. The first-order valence-corrected chi connectivity index (χ1v) is 11.2. The maximum absolute atomic E-state index is 10.6. The van der Waals surface area contributed by atoms with Gasteiger partial charge in [-0.05, 0) is 19.3 Å². The summed E-state index contributed by atoms with van der Waals surface area (Å²) < 4.78 is 29.7. The van der Waals surface area contributed by atoms with Gasteiger partial charge < -0.3 is 6.53 Å². The summed E-state index contributed by atoms with van der Waals surface area (Å²) >= 11 is 0. The monoisotopic (exact) mass is 374 g/mol. The van der Waals surface area contributed by atoms with Gasteiger partial charge in [-0.25, -0.2) is 0 Å². The number of aliphatic hydroxyl groups excluding tert-OH is 1. The van der Waals surface area contributed by atoms with Gasteiger partial charge in [0.1, 0.15) is 0 Å². The van der Waals surface area contributed by atoms with E-state index in [9.17, 15) is 13.5 Å². The summed E-state index contributed by atoms with van der Waals surface area (Å²) in [7, 11) is -3.88. The Morgan fingerprint density at radius 3 is 1.54 bits per heavy atom. The van der Waals surface area contributed by atoms with Crippen molar-refractivity contribution in [1.29, 1.82) is 0 Å². The van der Waals surface area contributed by atoms with Crippen LogP contribution in [0, 0.1) is 0 Å². The van der Waals surface area contributed by atoms with Crippen LogP contribution in [0.1, 0.15) is 105 Å². The van der Waals surface area contributed by atoms with Crippen molar-refractivity contribution in [3.8, 4) is 0 Å². The van der Waals surface area contributed by atoms with Crippen LogP contribution in [0.2, 0.25) is 0 Å². The van der Waals surface area contributed by atoms with Gasteiger partial charge in [0.05, 0.1) is 11.9 Å². The number of rotatable bonds is 17. The molecule has 0 radical (unpaired) electrons. The average Bonchev–Trinajstić information content (AvgIpc) is 2.47. The van der Waals surface area contributed by atoms with Gasteiger partial charge in [0.25, 0.3) is 10.1 Å². The zero-order valence-electron chi connectivity index (χ0n) is 17.0. The van der Waals surface area contributed by atoms with Crippen LogP contribution >= 0.6 is 0 Å². The van der Waals surface area contributed by atoms with E-state index in [4.69, 9.17) is 4.55 Å². The quantitative estimate of drug-likeness (QED) is 0.233. The average molecular weight is 375 g/mol. The molecule has 142 valence electrons. The number of unbranched alkanes of at least 4 members (excludes halogenated alkanes) is 11. The number of hydrogen-bond acceptors (Lipinski definition) is 3. The van der Waals surface area contributed by atoms with E-state index in [0.717, 1.165) is 19.3 Å². The minimum Gasteiger partial charge on any atom is -1.00 e. The van der Waals surface area contributed by atoms with Crippen LogP contribution in [0.25, 0.3) is 0 Å². The molecule has 1 atom stereocenters. The summed E-state index contributed by atoms with van der Waals surface area (Å²) in [5, 5.41) is 9.73. The van der Waals surface area contributed by atoms with E-state index in [1.165, 1.54) is 64.2 Å². The molecule has 0 saturated carbocycles. The van der Waals surface area contributed by atoms with E-state index in [1.807, 2.05) is 0 Å². The largest absolute Gasteiger partial charge is 1.00 e. The van der Waals surface area contributed by atoms with Crippen molar-refractivity contribution < 1.29 is 49.1 Å². The first-order valence-electron chi connectivity index (χ1n) is 9.59. The molecule has 0 aliphatic heterocycles. The van der Waals surface area contributed by atoms with Crippen molar-refractivity contribution >= 4 is 10.1 Å². The van der Waals surface area contributed by atoms with Crippen molar-refractivity contribution in [1.82, 2.24) is 0 Å². The predicted octanol–water partition coefficient (Wildman–Crippen LogP) is 2.22. The molecule has 0 spiro atoms. The first-order chi connectivity index (χ1) is 11.0. The topological polar surface area (TPSA) is 74.6 Å². The van der Waals surface area contributed by atoms with Crippen LogP contribution < -0.4 is 29.6 Å². The van der Waals surface area contributed by atoms with Gasteiger partial charge in [-0.1, -0.05) is 84.0 Å². The van der Waals surface area contributed by atoms with Crippen LogP contribution in [0.15, 0.2) is 0 Å². The van der Waals surface area contributed by atoms with Crippen molar-refractivity contribution in [3.05, 3.63) is 0 Å². The Morgan fingerprint density at radius 1 is 0.750 bits per heavy atom. The Bertz CT molecular complexity index is 353. The van der Waals surface area contributed by atoms with Gasteiger partial charge in [-0.2, -0.15) is 8.42 Å². The molecule has 0 aliphatic rings. The fourth-order valence-corrected chi connectivity index (χ4v) is 3.40. The molecule has 1 unspecified atom stereocenters. The van der Waals surface area contributed by atoms with E-state index >= 15 is 0 Å². The fourth-order valence-electron chi connectivity index (χ4n) is 2.87. The SMILES string of the molecule is CCCCCCCCCCCCCCC(O)CCCS(=O)(=O)O.[H-].[Na+]. The molecule has 24 heavy (non-hydrogen) atoms. The molecule has 0 heterocycles. The maximum atomic E-state index is 10.6. The van der Waals surface area contributed by atoms with E-state index in [-0.39, 0.29) is 36.7 Å². The summed E-state index contributed by atoms with van der Waals surface area (Å²) in [5.41, 5.74) is 0. The van der Waals surface area contributed by atoms with Crippen molar-refractivity contribution in [2.24, 2.45) is 0 Å². The molecular formula is C18H39NaO4S. The first kappa shape index (κ1) is 27.1. The Hall–Kier alpha value is 0.870. The molecule has 0 aromatic rings. The zero-order valence-corrected chi connectivity index (χ0v) is 18.8. The maximum Gasteiger partial charge on any atom is 1.00 e. The van der Waals surface area contributed by atoms with E-state index in [0.29, 0.717) is 12.8 Å². The van der Waals surface area contributed by atoms with Crippen molar-refractivity contribution in [2.45, 2.75) is 109 Å². The predicted molar refractivity (Wildman–Crippen MR) is 98.5 cm³/mol. The van der Waals surface area contributed by atoms with Gasteiger partial charge >= 0.3 is 29.6 Å². The van der Waals surface area contributed by atoms with Crippen LogP contribution in [0.3, 0.4) is 0 Å². The molecule has 0 rings (SSSR count). The van der Waals surface area contributed by atoms with Gasteiger partial charge in [0.2, 0.25) is 0 Å². The summed E-state index contributed by atoms with van der Waals surface area (Å²) in [4.78, 5) is 0. The van der Waals surface area contributed by atoms with Gasteiger partial charge in [0.15, 0.2) is 0 Å². The Balaban J connectivity index is -0.00000242. The van der Waals surface area contributed by atoms with E-state index in [1.54, 1.807) is 0 Å². The molecule has 0 bridgehead atoms. The summed E-state index contributed by atoms with van der Waals surface area (Å²) in [5.74, 6) is -0.248. The normalized spacial score (nSPS) is 12.8. The van der Waals surface area contributed by atoms with Crippen molar-refractivity contribution in [3.63, 3.8) is 0 Å². The van der Waals surface area contributed by atoms with Gasteiger partial charge in [-0.3, -0.25) is 4.55 Å². The van der Waals surface area contributed by atoms with Gasteiger partial charge in [-0.15, -0.1) is 0 Å². The fraction of sp³-hybridized carbons (Fsp3) is 1.00. The zero-order chi connectivity index (χ0) is 17.4. The Labute approximate surface area is 173 Å². The van der Waals surface area contributed by atoms with Gasteiger partial charge in [0, 0.05) is 0 Å².